The monoisotopic (exact) mass is 318 g/mol. The van der Waals surface area contributed by atoms with Crippen molar-refractivity contribution >= 4 is 0 Å². The molecule has 128 valence electrons. The van der Waals surface area contributed by atoms with Crippen molar-refractivity contribution in [1.82, 2.24) is 0 Å². The minimum absolute atomic E-state index is 0.149. The van der Waals surface area contributed by atoms with E-state index in [1.54, 1.807) is 7.11 Å². The Morgan fingerprint density at radius 2 is 1.96 bits per heavy atom. The van der Waals surface area contributed by atoms with E-state index in [0.29, 0.717) is 23.5 Å². The van der Waals surface area contributed by atoms with Gasteiger partial charge >= 0.3 is 0 Å². The molecule has 2 N–H and O–H groups in total. The number of ether oxygens (including phenoxy) is 1. The quantitative estimate of drug-likeness (QED) is 0.882. The predicted molar refractivity (Wildman–Crippen MR) is 91.6 cm³/mol. The number of aromatic hydroxyl groups is 1. The molecule has 0 radical (unpaired) electrons. The van der Waals surface area contributed by atoms with Gasteiger partial charge in [0.1, 0.15) is 0 Å². The number of aliphatic hydroxyl groups is 1. The maximum atomic E-state index is 10.6. The molecule has 2 aliphatic rings. The summed E-state index contributed by atoms with van der Waals surface area (Å²) in [6.45, 7) is 4.66. The van der Waals surface area contributed by atoms with Gasteiger partial charge in [-0.1, -0.05) is 26.3 Å². The SMILES string of the molecule is CC[C@H]1C[C@H](Cc2ccc(OC)c(O)c2)[C@@H]2C(O)CCC(C)[C@H]12. The van der Waals surface area contributed by atoms with Crippen LogP contribution in [0.4, 0.5) is 0 Å². The van der Waals surface area contributed by atoms with Crippen LogP contribution in [0.1, 0.15) is 45.1 Å². The Morgan fingerprint density at radius 1 is 1.17 bits per heavy atom. The van der Waals surface area contributed by atoms with Crippen LogP contribution >= 0.6 is 0 Å². The van der Waals surface area contributed by atoms with Crippen LogP contribution in [-0.2, 0) is 6.42 Å². The minimum atomic E-state index is -0.149. The van der Waals surface area contributed by atoms with E-state index in [1.807, 2.05) is 18.2 Å². The standard InChI is InChI=1S/C20H30O3/c1-4-14-11-15(20-16(21)7-5-12(2)19(14)20)9-13-6-8-18(23-3)17(22)10-13/h6,8,10,12,14-16,19-22H,4-5,7,9,11H2,1-3H3/t12?,14-,15-,16?,19+,20+/m0/s1. The van der Waals surface area contributed by atoms with E-state index >= 15 is 0 Å². The van der Waals surface area contributed by atoms with Gasteiger partial charge in [-0.05, 0) is 73.0 Å². The highest BCUT2D eigenvalue weighted by atomic mass is 16.5. The summed E-state index contributed by atoms with van der Waals surface area (Å²) < 4.78 is 5.13. The van der Waals surface area contributed by atoms with E-state index in [2.05, 4.69) is 13.8 Å². The van der Waals surface area contributed by atoms with Gasteiger partial charge in [0.05, 0.1) is 13.2 Å². The summed E-state index contributed by atoms with van der Waals surface area (Å²) in [6.07, 6.45) is 5.32. The minimum Gasteiger partial charge on any atom is -0.504 e. The third kappa shape index (κ3) is 3.08. The van der Waals surface area contributed by atoms with E-state index in [1.165, 1.54) is 12.8 Å². The summed E-state index contributed by atoms with van der Waals surface area (Å²) >= 11 is 0. The fourth-order valence-electron chi connectivity index (χ4n) is 5.39. The normalized spacial score (nSPS) is 36.7. The first-order chi connectivity index (χ1) is 11.0. The van der Waals surface area contributed by atoms with Crippen LogP contribution < -0.4 is 4.74 Å². The van der Waals surface area contributed by atoms with Crippen molar-refractivity contribution in [2.75, 3.05) is 7.11 Å². The smallest absolute Gasteiger partial charge is 0.160 e. The van der Waals surface area contributed by atoms with Crippen LogP contribution in [0.2, 0.25) is 0 Å². The molecule has 0 saturated heterocycles. The second kappa shape index (κ2) is 6.72. The molecule has 0 aliphatic heterocycles. The fraction of sp³-hybridized carbons (Fsp3) is 0.700. The van der Waals surface area contributed by atoms with E-state index < -0.39 is 0 Å². The molecule has 2 unspecified atom stereocenters. The van der Waals surface area contributed by atoms with E-state index in [-0.39, 0.29) is 11.9 Å². The van der Waals surface area contributed by atoms with Gasteiger partial charge in [-0.3, -0.25) is 0 Å². The Morgan fingerprint density at radius 3 is 2.61 bits per heavy atom. The maximum absolute atomic E-state index is 10.6. The lowest BCUT2D eigenvalue weighted by Crippen LogP contribution is -2.38. The van der Waals surface area contributed by atoms with Gasteiger partial charge in [-0.2, -0.15) is 0 Å². The molecule has 1 aromatic rings. The second-order valence-electron chi connectivity index (χ2n) is 7.65. The summed E-state index contributed by atoms with van der Waals surface area (Å²) in [5.74, 6) is 3.81. The van der Waals surface area contributed by atoms with Gasteiger partial charge in [-0.25, -0.2) is 0 Å². The van der Waals surface area contributed by atoms with Crippen molar-refractivity contribution in [2.24, 2.45) is 29.6 Å². The number of fused-ring (bicyclic) bond motifs is 1. The Balaban J connectivity index is 1.80. The number of phenolic OH excluding ortho intramolecular Hbond substituents is 1. The Hall–Kier alpha value is -1.22. The third-order valence-corrected chi connectivity index (χ3v) is 6.42. The first-order valence-corrected chi connectivity index (χ1v) is 9.09. The summed E-state index contributed by atoms with van der Waals surface area (Å²) in [7, 11) is 1.57. The van der Waals surface area contributed by atoms with Crippen LogP contribution in [-0.4, -0.2) is 23.4 Å². The van der Waals surface area contributed by atoms with Crippen LogP contribution in [0.15, 0.2) is 18.2 Å². The second-order valence-corrected chi connectivity index (χ2v) is 7.65. The van der Waals surface area contributed by atoms with Crippen LogP contribution in [0, 0.1) is 29.6 Å². The molecule has 2 saturated carbocycles. The van der Waals surface area contributed by atoms with Crippen LogP contribution in [0.25, 0.3) is 0 Å². The number of methoxy groups -OCH3 is 1. The number of hydrogen-bond donors (Lipinski definition) is 2. The first kappa shape index (κ1) is 16.6. The molecule has 23 heavy (non-hydrogen) atoms. The fourth-order valence-corrected chi connectivity index (χ4v) is 5.39. The molecule has 3 heteroatoms. The number of rotatable bonds is 4. The van der Waals surface area contributed by atoms with Crippen LogP contribution in [0.5, 0.6) is 11.5 Å². The van der Waals surface area contributed by atoms with Crippen molar-refractivity contribution in [3.8, 4) is 11.5 Å². The summed E-state index contributed by atoms with van der Waals surface area (Å²) in [4.78, 5) is 0. The van der Waals surface area contributed by atoms with E-state index in [4.69, 9.17) is 4.74 Å². The van der Waals surface area contributed by atoms with Crippen molar-refractivity contribution in [3.63, 3.8) is 0 Å². The topological polar surface area (TPSA) is 49.7 Å². The lowest BCUT2D eigenvalue weighted by molar-refractivity contribution is -0.00652. The molecule has 0 bridgehead atoms. The highest BCUT2D eigenvalue weighted by Gasteiger charge is 2.49. The molecule has 0 heterocycles. The van der Waals surface area contributed by atoms with Crippen molar-refractivity contribution in [2.45, 2.75) is 52.1 Å². The van der Waals surface area contributed by atoms with Crippen molar-refractivity contribution in [3.05, 3.63) is 23.8 Å². The summed E-state index contributed by atoms with van der Waals surface area (Å²) in [5, 5.41) is 20.6. The molecule has 3 rings (SSSR count). The molecule has 6 atom stereocenters. The van der Waals surface area contributed by atoms with Gasteiger partial charge < -0.3 is 14.9 Å². The van der Waals surface area contributed by atoms with E-state index in [9.17, 15) is 10.2 Å². The van der Waals surface area contributed by atoms with Crippen molar-refractivity contribution in [1.29, 1.82) is 0 Å². The lowest BCUT2D eigenvalue weighted by atomic mass is 9.67. The molecule has 0 aromatic heterocycles. The third-order valence-electron chi connectivity index (χ3n) is 6.42. The average molecular weight is 318 g/mol. The van der Waals surface area contributed by atoms with Gasteiger partial charge in [0.2, 0.25) is 0 Å². The summed E-state index contributed by atoms with van der Waals surface area (Å²) in [6, 6.07) is 5.71. The van der Waals surface area contributed by atoms with Crippen LogP contribution in [0.3, 0.4) is 0 Å². The zero-order valence-electron chi connectivity index (χ0n) is 14.5. The molecule has 0 spiro atoms. The largest absolute Gasteiger partial charge is 0.504 e. The number of hydrogen-bond acceptors (Lipinski definition) is 3. The van der Waals surface area contributed by atoms with Gasteiger partial charge in [-0.15, -0.1) is 0 Å². The van der Waals surface area contributed by atoms with E-state index in [0.717, 1.165) is 36.7 Å². The molecular formula is C20H30O3. The Labute approximate surface area is 139 Å². The number of phenols is 1. The molecule has 2 aliphatic carbocycles. The number of benzene rings is 1. The zero-order chi connectivity index (χ0) is 16.6. The summed E-state index contributed by atoms with van der Waals surface area (Å²) in [5.41, 5.74) is 1.15. The number of aliphatic hydroxyl groups excluding tert-OH is 1. The van der Waals surface area contributed by atoms with Gasteiger partial charge in [0.15, 0.2) is 11.5 Å². The van der Waals surface area contributed by atoms with Gasteiger partial charge in [0.25, 0.3) is 0 Å². The zero-order valence-corrected chi connectivity index (χ0v) is 14.5. The van der Waals surface area contributed by atoms with Gasteiger partial charge in [0, 0.05) is 0 Å². The molecule has 1 aromatic carbocycles. The first-order valence-electron chi connectivity index (χ1n) is 9.09. The molecular weight excluding hydrogens is 288 g/mol. The van der Waals surface area contributed by atoms with Crippen molar-refractivity contribution < 1.29 is 14.9 Å². The highest BCUT2D eigenvalue weighted by Crippen LogP contribution is 2.53. The predicted octanol–water partition coefficient (Wildman–Crippen LogP) is 4.01. The maximum Gasteiger partial charge on any atom is 0.160 e. The Bertz CT molecular complexity index is 542. The average Bonchev–Trinajstić information content (AvgIpc) is 2.91. The Kier molecular flexibility index (Phi) is 4.86. The molecule has 2 fully saturated rings. The highest BCUT2D eigenvalue weighted by molar-refractivity contribution is 5.41. The lowest BCUT2D eigenvalue weighted by Gasteiger charge is -2.40. The molecule has 3 nitrogen and oxygen atoms in total. The molecule has 0 amide bonds.